The van der Waals surface area contributed by atoms with Gasteiger partial charge in [0.25, 0.3) is 11.8 Å². The van der Waals surface area contributed by atoms with Crippen molar-refractivity contribution in [2.75, 3.05) is 6.54 Å². The van der Waals surface area contributed by atoms with E-state index in [9.17, 15) is 9.59 Å². The zero-order chi connectivity index (χ0) is 13.8. The summed E-state index contributed by atoms with van der Waals surface area (Å²) in [5, 5.41) is 6.30. The largest absolute Gasteiger partial charge is 0.382 e. The Morgan fingerprint density at radius 3 is 2.84 bits per heavy atom. The van der Waals surface area contributed by atoms with Gasteiger partial charge in [-0.15, -0.1) is 0 Å². The number of carbonyl (C=O) groups excluding carboxylic acids is 2. The van der Waals surface area contributed by atoms with Crippen LogP contribution in [0.25, 0.3) is 0 Å². The molecule has 0 bridgehead atoms. The summed E-state index contributed by atoms with van der Waals surface area (Å²) >= 11 is 0. The molecule has 0 fully saturated rings. The number of aryl methyl sites for hydroxylation is 1. The van der Waals surface area contributed by atoms with Gasteiger partial charge in [0.15, 0.2) is 0 Å². The van der Waals surface area contributed by atoms with Gasteiger partial charge in [-0.25, -0.2) is 4.98 Å². The summed E-state index contributed by atoms with van der Waals surface area (Å²) in [6.45, 7) is 1.96. The van der Waals surface area contributed by atoms with Crippen LogP contribution in [0.15, 0.2) is 17.5 Å². The molecule has 0 spiro atoms. The fraction of sp³-hybridized carbons (Fsp3) is 0.364. The van der Waals surface area contributed by atoms with Crippen LogP contribution < -0.4 is 11.1 Å². The van der Waals surface area contributed by atoms with Gasteiger partial charge < -0.3 is 15.9 Å². The van der Waals surface area contributed by atoms with Crippen molar-refractivity contribution in [2.24, 2.45) is 10.9 Å². The molecule has 3 N–H and O–H groups in total. The lowest BCUT2D eigenvalue weighted by Crippen LogP contribution is -2.32. The van der Waals surface area contributed by atoms with Crippen molar-refractivity contribution in [2.45, 2.75) is 19.4 Å². The van der Waals surface area contributed by atoms with E-state index in [0.29, 0.717) is 5.71 Å². The van der Waals surface area contributed by atoms with Crippen molar-refractivity contribution in [1.82, 2.24) is 15.3 Å². The third-order valence-corrected chi connectivity index (χ3v) is 2.51. The molecule has 1 atom stereocenters. The predicted octanol–water partition coefficient (Wildman–Crippen LogP) is -0.855. The Kier molecular flexibility index (Phi) is 3.69. The third kappa shape index (κ3) is 3.24. The summed E-state index contributed by atoms with van der Waals surface area (Å²) in [5.41, 5.74) is 6.58. The van der Waals surface area contributed by atoms with E-state index in [0.717, 1.165) is 5.69 Å². The molecule has 8 nitrogen and oxygen atoms in total. The van der Waals surface area contributed by atoms with Gasteiger partial charge in [-0.3, -0.25) is 14.6 Å². The van der Waals surface area contributed by atoms with Crippen molar-refractivity contribution in [1.29, 1.82) is 0 Å². The second-order valence-electron chi connectivity index (χ2n) is 4.08. The zero-order valence-corrected chi connectivity index (χ0v) is 10.3. The highest BCUT2D eigenvalue weighted by Crippen LogP contribution is 2.09. The molecule has 8 heteroatoms. The van der Waals surface area contributed by atoms with Gasteiger partial charge >= 0.3 is 0 Å². The maximum atomic E-state index is 11.7. The van der Waals surface area contributed by atoms with Crippen molar-refractivity contribution < 1.29 is 14.4 Å². The van der Waals surface area contributed by atoms with E-state index >= 15 is 0 Å². The quantitative estimate of drug-likeness (QED) is 0.732. The Morgan fingerprint density at radius 1 is 1.47 bits per heavy atom. The molecule has 2 rings (SSSR count). The lowest BCUT2D eigenvalue weighted by Gasteiger charge is -2.03. The van der Waals surface area contributed by atoms with Gasteiger partial charge in [0.2, 0.25) is 6.10 Å². The number of amides is 2. The lowest BCUT2D eigenvalue weighted by atomic mass is 10.2. The average molecular weight is 263 g/mol. The highest BCUT2D eigenvalue weighted by Gasteiger charge is 2.26. The maximum Gasteiger partial charge on any atom is 0.271 e. The Balaban J connectivity index is 1.85. The highest BCUT2D eigenvalue weighted by molar-refractivity contribution is 5.98. The van der Waals surface area contributed by atoms with Crippen LogP contribution in [0, 0.1) is 6.92 Å². The lowest BCUT2D eigenvalue weighted by molar-refractivity contribution is -0.127. The molecule has 1 unspecified atom stereocenters. The summed E-state index contributed by atoms with van der Waals surface area (Å²) in [4.78, 5) is 35.3. The minimum atomic E-state index is -0.744. The molecular weight excluding hydrogens is 250 g/mol. The number of carbonyl (C=O) groups is 2. The minimum Gasteiger partial charge on any atom is -0.382 e. The van der Waals surface area contributed by atoms with E-state index in [1.807, 2.05) is 0 Å². The number of hydrogen-bond donors (Lipinski definition) is 2. The average Bonchev–Trinajstić information content (AvgIpc) is 2.86. The van der Waals surface area contributed by atoms with E-state index in [4.69, 9.17) is 10.6 Å². The van der Waals surface area contributed by atoms with Crippen molar-refractivity contribution in [3.8, 4) is 0 Å². The van der Waals surface area contributed by atoms with Crippen LogP contribution in [-0.2, 0) is 9.63 Å². The molecule has 0 saturated carbocycles. The van der Waals surface area contributed by atoms with Gasteiger partial charge in [0.05, 0.1) is 24.1 Å². The van der Waals surface area contributed by atoms with Crippen LogP contribution in [0.5, 0.6) is 0 Å². The Hall–Kier alpha value is -2.51. The van der Waals surface area contributed by atoms with Gasteiger partial charge in [0.1, 0.15) is 5.69 Å². The molecule has 0 aliphatic carbocycles. The summed E-state index contributed by atoms with van der Waals surface area (Å²) in [7, 11) is 0. The molecular formula is C11H13N5O3. The van der Waals surface area contributed by atoms with Crippen molar-refractivity contribution >= 4 is 17.5 Å². The second-order valence-corrected chi connectivity index (χ2v) is 4.08. The van der Waals surface area contributed by atoms with Crippen LogP contribution in [0.4, 0.5) is 0 Å². The van der Waals surface area contributed by atoms with Crippen LogP contribution in [0.3, 0.4) is 0 Å². The first kappa shape index (κ1) is 12.9. The molecule has 1 aromatic heterocycles. The highest BCUT2D eigenvalue weighted by atomic mass is 16.6. The maximum absolute atomic E-state index is 11.7. The molecule has 1 aliphatic heterocycles. The summed E-state index contributed by atoms with van der Waals surface area (Å²) in [6.07, 6.45) is 2.44. The number of aromatic nitrogens is 2. The molecule has 100 valence electrons. The van der Waals surface area contributed by atoms with E-state index in [-0.39, 0.29) is 24.6 Å². The van der Waals surface area contributed by atoms with E-state index in [1.54, 1.807) is 6.92 Å². The summed E-state index contributed by atoms with van der Waals surface area (Å²) in [6, 6.07) is 0. The molecule has 2 amide bonds. The van der Waals surface area contributed by atoms with Gasteiger partial charge in [-0.05, 0) is 6.92 Å². The number of nitrogens with zero attached hydrogens (tertiary/aromatic N) is 3. The van der Waals surface area contributed by atoms with Crippen LogP contribution >= 0.6 is 0 Å². The topological polar surface area (TPSA) is 120 Å². The van der Waals surface area contributed by atoms with Crippen molar-refractivity contribution in [3.63, 3.8) is 0 Å². The normalized spacial score (nSPS) is 17.5. The van der Waals surface area contributed by atoms with E-state index in [1.165, 1.54) is 12.4 Å². The minimum absolute atomic E-state index is 0.179. The Bertz CT molecular complexity index is 526. The number of rotatable bonds is 4. The third-order valence-electron chi connectivity index (χ3n) is 2.51. The van der Waals surface area contributed by atoms with Gasteiger partial charge in [-0.1, -0.05) is 5.16 Å². The van der Waals surface area contributed by atoms with Gasteiger partial charge in [-0.2, -0.15) is 0 Å². The second kappa shape index (κ2) is 5.42. The molecule has 0 aromatic carbocycles. The molecule has 2 heterocycles. The first-order valence-electron chi connectivity index (χ1n) is 5.64. The van der Waals surface area contributed by atoms with Crippen LogP contribution in [0.1, 0.15) is 22.6 Å². The molecule has 0 saturated heterocycles. The number of hydrogen-bond acceptors (Lipinski definition) is 6. The molecule has 1 aromatic rings. The molecule has 1 aliphatic rings. The van der Waals surface area contributed by atoms with Crippen LogP contribution in [-0.4, -0.2) is 40.1 Å². The first-order chi connectivity index (χ1) is 9.06. The SMILES string of the molecule is Cc1cnc(C(=O)NCC2=NOC(C(N)=O)C2)cn1. The fourth-order valence-electron chi connectivity index (χ4n) is 1.47. The zero-order valence-electron chi connectivity index (χ0n) is 10.3. The number of nitrogens with one attached hydrogen (secondary N) is 1. The fourth-order valence-corrected chi connectivity index (χ4v) is 1.47. The Labute approximate surface area is 109 Å². The smallest absolute Gasteiger partial charge is 0.271 e. The molecule has 0 radical (unpaired) electrons. The van der Waals surface area contributed by atoms with Crippen molar-refractivity contribution in [3.05, 3.63) is 23.8 Å². The number of nitrogens with two attached hydrogens (primary N) is 1. The first-order valence-corrected chi connectivity index (χ1v) is 5.64. The number of primary amides is 1. The monoisotopic (exact) mass is 263 g/mol. The van der Waals surface area contributed by atoms with Gasteiger partial charge in [0, 0.05) is 12.6 Å². The van der Waals surface area contributed by atoms with E-state index < -0.39 is 12.0 Å². The Morgan fingerprint density at radius 2 is 2.26 bits per heavy atom. The summed E-state index contributed by atoms with van der Waals surface area (Å²) in [5.74, 6) is -0.938. The predicted molar refractivity (Wildman–Crippen MR) is 65.2 cm³/mol. The standard InChI is InChI=1S/C11H13N5O3/c1-6-3-14-8(5-13-6)11(18)15-4-7-2-9(10(12)17)19-16-7/h3,5,9H,2,4H2,1H3,(H2,12,17)(H,15,18). The van der Waals surface area contributed by atoms with Crippen LogP contribution in [0.2, 0.25) is 0 Å². The number of oxime groups is 1. The van der Waals surface area contributed by atoms with E-state index in [2.05, 4.69) is 20.4 Å². The summed E-state index contributed by atoms with van der Waals surface area (Å²) < 4.78 is 0. The molecule has 19 heavy (non-hydrogen) atoms.